The first kappa shape index (κ1) is 14.8. The molecule has 3 rings (SSSR count). The third-order valence-electron chi connectivity index (χ3n) is 4.96. The lowest BCUT2D eigenvalue weighted by Crippen LogP contribution is -2.56. The second kappa shape index (κ2) is 6.76. The van der Waals surface area contributed by atoms with Crippen molar-refractivity contribution in [1.29, 1.82) is 0 Å². The minimum absolute atomic E-state index is 0.552. The zero-order valence-electron chi connectivity index (χ0n) is 13.5. The molecular weight excluding hydrogens is 256 g/mol. The van der Waals surface area contributed by atoms with E-state index in [1.165, 1.54) is 50.0 Å². The molecule has 2 heteroatoms. The second-order valence-corrected chi connectivity index (χ2v) is 6.81. The summed E-state index contributed by atoms with van der Waals surface area (Å²) < 4.78 is 0. The van der Waals surface area contributed by atoms with Crippen LogP contribution in [0.1, 0.15) is 44.7 Å². The third-order valence-corrected chi connectivity index (χ3v) is 4.96. The molecule has 2 aliphatic rings. The highest BCUT2D eigenvalue weighted by Crippen LogP contribution is 2.31. The second-order valence-electron chi connectivity index (χ2n) is 6.81. The van der Waals surface area contributed by atoms with Gasteiger partial charge in [0.15, 0.2) is 0 Å². The molecule has 2 nitrogen and oxygen atoms in total. The van der Waals surface area contributed by atoms with Crippen molar-refractivity contribution in [3.63, 3.8) is 0 Å². The van der Waals surface area contributed by atoms with E-state index in [0.717, 1.165) is 12.6 Å². The van der Waals surface area contributed by atoms with Crippen molar-refractivity contribution >= 4 is 0 Å². The molecule has 0 N–H and O–H groups in total. The van der Waals surface area contributed by atoms with Crippen LogP contribution in [0.3, 0.4) is 0 Å². The molecule has 2 saturated heterocycles. The molecular formula is C19H28N2. The molecule has 0 bridgehead atoms. The van der Waals surface area contributed by atoms with Gasteiger partial charge in [0.25, 0.3) is 0 Å². The van der Waals surface area contributed by atoms with Gasteiger partial charge in [-0.3, -0.25) is 9.80 Å². The van der Waals surface area contributed by atoms with E-state index >= 15 is 0 Å². The van der Waals surface area contributed by atoms with Crippen LogP contribution in [0, 0.1) is 0 Å². The van der Waals surface area contributed by atoms with Gasteiger partial charge in [-0.2, -0.15) is 0 Å². The first-order valence-electron chi connectivity index (χ1n) is 8.40. The van der Waals surface area contributed by atoms with Crippen LogP contribution in [0.2, 0.25) is 0 Å². The van der Waals surface area contributed by atoms with E-state index in [9.17, 15) is 0 Å². The monoisotopic (exact) mass is 284 g/mol. The van der Waals surface area contributed by atoms with Gasteiger partial charge in [-0.05, 0) is 38.8 Å². The van der Waals surface area contributed by atoms with Crippen molar-refractivity contribution < 1.29 is 0 Å². The van der Waals surface area contributed by atoms with Crippen LogP contribution in [0.15, 0.2) is 42.0 Å². The fourth-order valence-electron chi connectivity index (χ4n) is 3.74. The Morgan fingerprint density at radius 2 is 1.95 bits per heavy atom. The Hall–Kier alpha value is -1.12. The summed E-state index contributed by atoms with van der Waals surface area (Å²) >= 11 is 0. The molecule has 0 amide bonds. The summed E-state index contributed by atoms with van der Waals surface area (Å²) in [5, 5.41) is 0. The number of hydrogen-bond donors (Lipinski definition) is 0. The van der Waals surface area contributed by atoms with Crippen molar-refractivity contribution in [3.8, 4) is 0 Å². The normalized spacial score (nSPS) is 27.1. The van der Waals surface area contributed by atoms with E-state index in [4.69, 9.17) is 0 Å². The number of allylic oxidation sites excluding steroid dienone is 1. The lowest BCUT2D eigenvalue weighted by molar-refractivity contribution is 0.0141. The molecule has 0 radical (unpaired) electrons. The number of piperidine rings is 1. The van der Waals surface area contributed by atoms with Gasteiger partial charge in [-0.25, -0.2) is 0 Å². The van der Waals surface area contributed by atoms with Crippen LogP contribution in [0.5, 0.6) is 0 Å². The Balaban J connectivity index is 1.80. The molecule has 0 saturated carbocycles. The standard InChI is InChI=1S/C19H28N2/c1-16(2)11-13-21-14-18-10-6-7-12-20(18)15-19(21)17-8-4-3-5-9-17/h3-5,8-9,11,18-19H,6-7,10,12-15H2,1-2H3. The number of fused-ring (bicyclic) bond motifs is 1. The third kappa shape index (κ3) is 3.56. The fraction of sp³-hybridized carbons (Fsp3) is 0.579. The van der Waals surface area contributed by atoms with Gasteiger partial charge in [0.2, 0.25) is 0 Å². The maximum absolute atomic E-state index is 2.74. The van der Waals surface area contributed by atoms with Crippen LogP contribution in [-0.2, 0) is 0 Å². The predicted molar refractivity (Wildman–Crippen MR) is 89.4 cm³/mol. The van der Waals surface area contributed by atoms with Crippen molar-refractivity contribution in [3.05, 3.63) is 47.5 Å². The Kier molecular flexibility index (Phi) is 4.77. The summed E-state index contributed by atoms with van der Waals surface area (Å²) in [7, 11) is 0. The summed E-state index contributed by atoms with van der Waals surface area (Å²) in [6.45, 7) is 9.22. The Morgan fingerprint density at radius 3 is 2.71 bits per heavy atom. The summed E-state index contributed by atoms with van der Waals surface area (Å²) in [5.74, 6) is 0. The smallest absolute Gasteiger partial charge is 0.0479 e. The van der Waals surface area contributed by atoms with E-state index in [0.29, 0.717) is 6.04 Å². The van der Waals surface area contributed by atoms with Crippen molar-refractivity contribution in [2.75, 3.05) is 26.2 Å². The number of rotatable bonds is 3. The number of hydrogen-bond acceptors (Lipinski definition) is 2. The quantitative estimate of drug-likeness (QED) is 0.778. The Labute approximate surface area is 129 Å². The average molecular weight is 284 g/mol. The summed E-state index contributed by atoms with van der Waals surface area (Å²) in [4.78, 5) is 5.43. The molecule has 21 heavy (non-hydrogen) atoms. The number of piperazine rings is 1. The van der Waals surface area contributed by atoms with Crippen LogP contribution >= 0.6 is 0 Å². The van der Waals surface area contributed by atoms with E-state index in [1.54, 1.807) is 0 Å². The minimum Gasteiger partial charge on any atom is -0.297 e. The van der Waals surface area contributed by atoms with Crippen LogP contribution in [0.25, 0.3) is 0 Å². The molecule has 2 unspecified atom stereocenters. The predicted octanol–water partition coefficient (Wildman–Crippen LogP) is 3.86. The first-order valence-corrected chi connectivity index (χ1v) is 8.40. The highest BCUT2D eigenvalue weighted by Gasteiger charge is 2.34. The van der Waals surface area contributed by atoms with Gasteiger partial charge in [-0.1, -0.05) is 48.4 Å². The van der Waals surface area contributed by atoms with Crippen molar-refractivity contribution in [2.45, 2.75) is 45.2 Å². The van der Waals surface area contributed by atoms with E-state index in [1.807, 2.05) is 0 Å². The molecule has 2 aliphatic heterocycles. The largest absolute Gasteiger partial charge is 0.297 e. The molecule has 0 aliphatic carbocycles. The van der Waals surface area contributed by atoms with Gasteiger partial charge in [0, 0.05) is 31.7 Å². The first-order chi connectivity index (χ1) is 10.2. The van der Waals surface area contributed by atoms with Crippen molar-refractivity contribution in [2.24, 2.45) is 0 Å². The molecule has 2 atom stereocenters. The number of nitrogens with zero attached hydrogens (tertiary/aromatic N) is 2. The van der Waals surface area contributed by atoms with Crippen LogP contribution in [-0.4, -0.2) is 42.0 Å². The summed E-state index contributed by atoms with van der Waals surface area (Å²) in [6, 6.07) is 12.4. The van der Waals surface area contributed by atoms with Gasteiger partial charge in [-0.15, -0.1) is 0 Å². The zero-order chi connectivity index (χ0) is 14.7. The maximum atomic E-state index is 2.74. The van der Waals surface area contributed by atoms with Crippen LogP contribution in [0.4, 0.5) is 0 Å². The minimum atomic E-state index is 0.552. The fourth-order valence-corrected chi connectivity index (χ4v) is 3.74. The molecule has 2 heterocycles. The lowest BCUT2D eigenvalue weighted by atomic mass is 9.93. The molecule has 114 valence electrons. The van der Waals surface area contributed by atoms with Gasteiger partial charge < -0.3 is 0 Å². The van der Waals surface area contributed by atoms with Gasteiger partial charge >= 0.3 is 0 Å². The molecule has 0 aromatic heterocycles. The van der Waals surface area contributed by atoms with Gasteiger partial charge in [0.05, 0.1) is 0 Å². The highest BCUT2D eigenvalue weighted by molar-refractivity contribution is 5.21. The Bertz CT molecular complexity index is 476. The van der Waals surface area contributed by atoms with Crippen LogP contribution < -0.4 is 0 Å². The van der Waals surface area contributed by atoms with E-state index in [2.05, 4.69) is 60.1 Å². The lowest BCUT2D eigenvalue weighted by Gasteiger charge is -2.48. The van der Waals surface area contributed by atoms with Crippen molar-refractivity contribution in [1.82, 2.24) is 9.80 Å². The summed E-state index contributed by atoms with van der Waals surface area (Å²) in [5.41, 5.74) is 2.90. The van der Waals surface area contributed by atoms with Gasteiger partial charge in [0.1, 0.15) is 0 Å². The topological polar surface area (TPSA) is 6.48 Å². The van der Waals surface area contributed by atoms with E-state index in [-0.39, 0.29) is 0 Å². The molecule has 2 fully saturated rings. The molecule has 1 aromatic carbocycles. The highest BCUT2D eigenvalue weighted by atomic mass is 15.3. The number of benzene rings is 1. The Morgan fingerprint density at radius 1 is 1.14 bits per heavy atom. The average Bonchev–Trinajstić information content (AvgIpc) is 2.53. The molecule has 0 spiro atoms. The SMILES string of the molecule is CC(C)=CCN1CC2CCCCN2CC1c1ccccc1. The zero-order valence-corrected chi connectivity index (χ0v) is 13.5. The summed E-state index contributed by atoms with van der Waals surface area (Å²) in [6.07, 6.45) is 6.56. The van der Waals surface area contributed by atoms with E-state index < -0.39 is 0 Å². The molecule has 1 aromatic rings. The maximum Gasteiger partial charge on any atom is 0.0479 e.